The number of halogens is 3. The monoisotopic (exact) mass is 475 g/mol. The van der Waals surface area contributed by atoms with Crippen molar-refractivity contribution in [3.05, 3.63) is 62.4 Å². The van der Waals surface area contributed by atoms with Crippen LogP contribution in [-0.4, -0.2) is 36.6 Å². The van der Waals surface area contributed by atoms with Gasteiger partial charge < -0.3 is 5.32 Å². The Balaban J connectivity index is 1.69. The van der Waals surface area contributed by atoms with Crippen LogP contribution in [0, 0.1) is 21.8 Å². The lowest BCUT2D eigenvalue weighted by Crippen LogP contribution is -2.41. The summed E-state index contributed by atoms with van der Waals surface area (Å²) in [5, 5.41) is 13.2. The first kappa shape index (κ1) is 22.4. The van der Waals surface area contributed by atoms with E-state index in [1.807, 2.05) is 0 Å². The van der Waals surface area contributed by atoms with Gasteiger partial charge in [0.2, 0.25) is 15.9 Å². The van der Waals surface area contributed by atoms with E-state index in [1.165, 1.54) is 24.3 Å². The number of piperidine rings is 1. The molecule has 2 aromatic carbocycles. The van der Waals surface area contributed by atoms with Crippen LogP contribution in [0.4, 0.5) is 15.8 Å². The molecular weight excluding hydrogens is 460 g/mol. The molecular formula is C18H16Cl2FN3O5S. The van der Waals surface area contributed by atoms with Crippen LogP contribution in [0.15, 0.2) is 41.3 Å². The number of rotatable bonds is 5. The summed E-state index contributed by atoms with van der Waals surface area (Å²) in [6.07, 6.45) is 0.422. The lowest BCUT2D eigenvalue weighted by Gasteiger charge is -2.30. The number of carbonyl (C=O) groups excluding carboxylic acids is 1. The van der Waals surface area contributed by atoms with E-state index in [1.54, 1.807) is 0 Å². The number of hydrogen-bond donors (Lipinski definition) is 1. The molecule has 1 N–H and O–H groups in total. The van der Waals surface area contributed by atoms with E-state index >= 15 is 0 Å². The topological polar surface area (TPSA) is 110 Å². The number of sulfonamides is 1. The van der Waals surface area contributed by atoms with Crippen molar-refractivity contribution in [2.45, 2.75) is 17.7 Å². The Kier molecular flexibility index (Phi) is 6.61. The average molecular weight is 476 g/mol. The molecule has 1 heterocycles. The molecule has 0 radical (unpaired) electrons. The van der Waals surface area contributed by atoms with Gasteiger partial charge in [0.05, 0.1) is 20.5 Å². The molecule has 1 saturated heterocycles. The smallest absolute Gasteiger partial charge is 0.289 e. The maximum absolute atomic E-state index is 14.0. The minimum atomic E-state index is -3.99. The molecule has 8 nitrogen and oxygen atoms in total. The van der Waals surface area contributed by atoms with Gasteiger partial charge in [0.15, 0.2) is 5.82 Å². The zero-order valence-corrected chi connectivity index (χ0v) is 17.7. The highest BCUT2D eigenvalue weighted by Gasteiger charge is 2.33. The van der Waals surface area contributed by atoms with Gasteiger partial charge in [-0.2, -0.15) is 4.31 Å². The van der Waals surface area contributed by atoms with Crippen molar-refractivity contribution >= 4 is 50.5 Å². The molecule has 0 atom stereocenters. The first-order chi connectivity index (χ1) is 14.1. The van der Waals surface area contributed by atoms with Crippen molar-refractivity contribution < 1.29 is 22.5 Å². The maximum atomic E-state index is 14.0. The summed E-state index contributed by atoms with van der Waals surface area (Å²) in [4.78, 5) is 22.5. The highest BCUT2D eigenvalue weighted by molar-refractivity contribution is 7.89. The van der Waals surface area contributed by atoms with Crippen LogP contribution >= 0.6 is 23.2 Å². The molecule has 0 bridgehead atoms. The van der Waals surface area contributed by atoms with Crippen molar-refractivity contribution in [1.82, 2.24) is 4.31 Å². The van der Waals surface area contributed by atoms with E-state index in [-0.39, 0.29) is 46.6 Å². The molecule has 3 rings (SSSR count). The third-order valence-corrected chi connectivity index (χ3v) is 7.29. The summed E-state index contributed by atoms with van der Waals surface area (Å²) in [6.45, 7) is 0.0732. The number of carbonyl (C=O) groups is 1. The number of nitro benzene ring substituents is 1. The van der Waals surface area contributed by atoms with Gasteiger partial charge in [0.25, 0.3) is 5.69 Å². The highest BCUT2D eigenvalue weighted by Crippen LogP contribution is 2.31. The minimum absolute atomic E-state index is 0.0366. The molecule has 12 heteroatoms. The molecule has 0 unspecified atom stereocenters. The van der Waals surface area contributed by atoms with Gasteiger partial charge in [0.1, 0.15) is 5.02 Å². The fourth-order valence-corrected chi connectivity index (χ4v) is 4.99. The Morgan fingerprint density at radius 1 is 1.17 bits per heavy atom. The number of benzene rings is 2. The van der Waals surface area contributed by atoms with Crippen molar-refractivity contribution in [2.24, 2.45) is 5.92 Å². The Hall–Kier alpha value is -2.27. The third-order valence-electron chi connectivity index (χ3n) is 4.79. The largest absolute Gasteiger partial charge is 0.323 e. The van der Waals surface area contributed by atoms with Crippen molar-refractivity contribution in [3.63, 3.8) is 0 Å². The molecule has 0 aromatic heterocycles. The molecule has 1 fully saturated rings. The first-order valence-electron chi connectivity index (χ1n) is 8.80. The van der Waals surface area contributed by atoms with Gasteiger partial charge in [-0.05, 0) is 37.1 Å². The summed E-state index contributed by atoms with van der Waals surface area (Å²) in [6, 6.07) is 7.51. The van der Waals surface area contributed by atoms with Crippen molar-refractivity contribution in [1.29, 1.82) is 0 Å². The SMILES string of the molecule is O=C(Nc1cccc(Cl)c1F)C1CCN(S(=O)(=O)c2ccc(Cl)c([N+](=O)[O-])c2)CC1. The number of amides is 1. The number of hydrogen-bond acceptors (Lipinski definition) is 5. The van der Waals surface area contributed by atoms with Crippen LogP contribution in [0.3, 0.4) is 0 Å². The first-order valence-corrected chi connectivity index (χ1v) is 11.0. The zero-order valence-electron chi connectivity index (χ0n) is 15.3. The van der Waals surface area contributed by atoms with Crippen LogP contribution in [-0.2, 0) is 14.8 Å². The molecule has 0 saturated carbocycles. The summed E-state index contributed by atoms with van der Waals surface area (Å²) in [7, 11) is -3.99. The molecule has 0 spiro atoms. The molecule has 1 amide bonds. The third kappa shape index (κ3) is 4.56. The summed E-state index contributed by atoms with van der Waals surface area (Å²) >= 11 is 11.4. The van der Waals surface area contributed by atoms with E-state index in [0.717, 1.165) is 16.4 Å². The van der Waals surface area contributed by atoms with Crippen LogP contribution in [0.2, 0.25) is 10.0 Å². The Morgan fingerprint density at radius 3 is 2.47 bits per heavy atom. The Morgan fingerprint density at radius 2 is 1.83 bits per heavy atom. The lowest BCUT2D eigenvalue weighted by molar-refractivity contribution is -0.384. The number of anilines is 1. The zero-order chi connectivity index (χ0) is 22.1. The number of nitrogens with zero attached hydrogens (tertiary/aromatic N) is 2. The summed E-state index contributed by atoms with van der Waals surface area (Å²) in [5.41, 5.74) is -0.549. The second kappa shape index (κ2) is 8.84. The fourth-order valence-electron chi connectivity index (χ4n) is 3.14. The number of nitro groups is 1. The predicted octanol–water partition coefficient (Wildman–Crippen LogP) is 4.08. The maximum Gasteiger partial charge on any atom is 0.289 e. The van der Waals surface area contributed by atoms with E-state index in [9.17, 15) is 27.7 Å². The molecule has 0 aliphatic carbocycles. The second-order valence-electron chi connectivity index (χ2n) is 6.64. The van der Waals surface area contributed by atoms with Gasteiger partial charge in [-0.15, -0.1) is 0 Å². The van der Waals surface area contributed by atoms with Gasteiger partial charge >= 0.3 is 0 Å². The molecule has 30 heavy (non-hydrogen) atoms. The standard InChI is InChI=1S/C18H16Cl2FN3O5S/c19-13-5-4-12(10-16(13)24(26)27)30(28,29)23-8-6-11(7-9-23)18(25)22-15-3-1-2-14(20)17(15)21/h1-5,10-11H,6-9H2,(H,22,25). The minimum Gasteiger partial charge on any atom is -0.323 e. The molecule has 1 aliphatic rings. The Labute approximate surface area is 181 Å². The highest BCUT2D eigenvalue weighted by atomic mass is 35.5. The molecule has 160 valence electrons. The predicted molar refractivity (Wildman–Crippen MR) is 110 cm³/mol. The lowest BCUT2D eigenvalue weighted by atomic mass is 9.97. The van der Waals surface area contributed by atoms with Crippen LogP contribution in [0.25, 0.3) is 0 Å². The van der Waals surface area contributed by atoms with Crippen LogP contribution < -0.4 is 5.32 Å². The quantitative estimate of drug-likeness (QED) is 0.517. The van der Waals surface area contributed by atoms with Gasteiger partial charge in [-0.3, -0.25) is 14.9 Å². The normalized spacial score (nSPS) is 15.7. The van der Waals surface area contributed by atoms with E-state index in [2.05, 4.69) is 5.32 Å². The van der Waals surface area contributed by atoms with Crippen molar-refractivity contribution in [2.75, 3.05) is 18.4 Å². The van der Waals surface area contributed by atoms with Gasteiger partial charge in [-0.1, -0.05) is 29.3 Å². The van der Waals surface area contributed by atoms with E-state index < -0.39 is 38.3 Å². The Bertz CT molecular complexity index is 1100. The average Bonchev–Trinajstić information content (AvgIpc) is 2.71. The van der Waals surface area contributed by atoms with Gasteiger partial charge in [0, 0.05) is 25.1 Å². The van der Waals surface area contributed by atoms with Gasteiger partial charge in [-0.25, -0.2) is 12.8 Å². The fraction of sp³-hybridized carbons (Fsp3) is 0.278. The number of nitrogens with one attached hydrogen (secondary N) is 1. The van der Waals surface area contributed by atoms with Crippen molar-refractivity contribution in [3.8, 4) is 0 Å². The second-order valence-corrected chi connectivity index (χ2v) is 9.39. The van der Waals surface area contributed by atoms with E-state index in [4.69, 9.17) is 23.2 Å². The summed E-state index contributed by atoms with van der Waals surface area (Å²) < 4.78 is 40.8. The molecule has 1 aliphatic heterocycles. The van der Waals surface area contributed by atoms with Crippen LogP contribution in [0.5, 0.6) is 0 Å². The van der Waals surface area contributed by atoms with E-state index in [0.29, 0.717) is 0 Å². The molecule has 2 aromatic rings. The van der Waals surface area contributed by atoms with Crippen LogP contribution in [0.1, 0.15) is 12.8 Å². The summed E-state index contributed by atoms with van der Waals surface area (Å²) in [5.74, 6) is -1.69.